The molecule has 0 fully saturated rings. The Bertz CT molecular complexity index is 243. The lowest BCUT2D eigenvalue weighted by Crippen LogP contribution is -2.25. The zero-order valence-corrected chi connectivity index (χ0v) is 16.7. The van der Waals surface area contributed by atoms with Crippen LogP contribution in [0.3, 0.4) is 0 Å². The van der Waals surface area contributed by atoms with Gasteiger partial charge in [-0.1, -0.05) is 26.7 Å². The number of ether oxygens (including phenoxy) is 2. The lowest BCUT2D eigenvalue weighted by atomic mass is 10.2. The van der Waals surface area contributed by atoms with Gasteiger partial charge in [-0.25, -0.2) is 4.79 Å². The van der Waals surface area contributed by atoms with Crippen molar-refractivity contribution in [1.29, 1.82) is 0 Å². The van der Waals surface area contributed by atoms with Gasteiger partial charge >= 0.3 is 5.97 Å². The van der Waals surface area contributed by atoms with Gasteiger partial charge < -0.3 is 35.0 Å². The Morgan fingerprint density at radius 3 is 1.72 bits per heavy atom. The second-order valence-electron chi connectivity index (χ2n) is 5.09. The average Bonchev–Trinajstić information content (AvgIpc) is 2.56. The summed E-state index contributed by atoms with van der Waals surface area (Å²) >= 11 is 0. The number of hydrogen-bond acceptors (Lipinski definition) is 8. The number of aliphatic hydroxyl groups excluding tert-OH is 4. The Balaban J connectivity index is -0.000000131. The van der Waals surface area contributed by atoms with E-state index in [-0.39, 0.29) is 19.8 Å². The smallest absolute Gasteiger partial charge is 0.334 e. The van der Waals surface area contributed by atoms with Gasteiger partial charge in [0.2, 0.25) is 0 Å². The molecule has 0 spiro atoms. The van der Waals surface area contributed by atoms with Crippen LogP contribution in [0.15, 0.2) is 0 Å². The molecule has 0 aromatic rings. The SMILES string of the molecule is CCCC(C)(O)OC.CCCCOC(=O)C(C)O.CCO.OCCO. The van der Waals surface area contributed by atoms with Crippen LogP contribution in [0.5, 0.6) is 0 Å². The van der Waals surface area contributed by atoms with Crippen LogP contribution >= 0.6 is 0 Å². The first kappa shape index (κ1) is 31.9. The summed E-state index contributed by atoms with van der Waals surface area (Å²) in [7, 11) is 1.51. The molecule has 156 valence electrons. The maximum atomic E-state index is 10.5. The molecule has 0 saturated carbocycles. The fourth-order valence-electron chi connectivity index (χ4n) is 1.00. The topological polar surface area (TPSA) is 137 Å². The number of hydrogen-bond donors (Lipinski definition) is 5. The van der Waals surface area contributed by atoms with E-state index in [1.165, 1.54) is 14.0 Å². The molecule has 2 atom stereocenters. The molecule has 2 unspecified atom stereocenters. The van der Waals surface area contributed by atoms with Gasteiger partial charge in [-0.05, 0) is 27.2 Å². The molecule has 8 nitrogen and oxygen atoms in total. The van der Waals surface area contributed by atoms with Crippen LogP contribution in [-0.2, 0) is 14.3 Å². The summed E-state index contributed by atoms with van der Waals surface area (Å²) in [5.74, 6) is -1.44. The van der Waals surface area contributed by atoms with E-state index in [0.717, 1.165) is 19.3 Å². The third-order valence-electron chi connectivity index (χ3n) is 2.34. The van der Waals surface area contributed by atoms with E-state index in [4.69, 9.17) is 30.3 Å². The van der Waals surface area contributed by atoms with Gasteiger partial charge in [-0.3, -0.25) is 0 Å². The summed E-state index contributed by atoms with van der Waals surface area (Å²) in [5.41, 5.74) is 0. The fourth-order valence-corrected chi connectivity index (χ4v) is 1.00. The van der Waals surface area contributed by atoms with Crippen molar-refractivity contribution >= 4 is 5.97 Å². The summed E-state index contributed by atoms with van der Waals surface area (Å²) in [4.78, 5) is 10.5. The molecule has 5 N–H and O–H groups in total. The van der Waals surface area contributed by atoms with Gasteiger partial charge in [0.1, 0.15) is 6.10 Å². The minimum Gasteiger partial charge on any atom is -0.464 e. The van der Waals surface area contributed by atoms with E-state index in [9.17, 15) is 4.79 Å². The van der Waals surface area contributed by atoms with Gasteiger partial charge in [-0.2, -0.15) is 0 Å². The Morgan fingerprint density at radius 1 is 1.08 bits per heavy atom. The van der Waals surface area contributed by atoms with Crippen LogP contribution in [0.25, 0.3) is 0 Å². The van der Waals surface area contributed by atoms with Gasteiger partial charge in [0, 0.05) is 20.1 Å². The van der Waals surface area contributed by atoms with Crippen LogP contribution in [0, 0.1) is 0 Å². The number of esters is 1. The molecule has 0 heterocycles. The van der Waals surface area contributed by atoms with Gasteiger partial charge in [0.05, 0.1) is 19.8 Å². The molecule has 0 aromatic heterocycles. The molecule has 0 aliphatic heterocycles. The van der Waals surface area contributed by atoms with Gasteiger partial charge in [0.25, 0.3) is 0 Å². The Hall–Kier alpha value is -0.770. The normalized spacial score (nSPS) is 12.8. The van der Waals surface area contributed by atoms with Crippen LogP contribution in [0.4, 0.5) is 0 Å². The van der Waals surface area contributed by atoms with Crippen molar-refractivity contribution in [2.45, 2.75) is 72.2 Å². The van der Waals surface area contributed by atoms with E-state index < -0.39 is 17.9 Å². The molecular weight excluding hydrogens is 332 g/mol. The Kier molecular flexibility index (Phi) is 32.5. The lowest BCUT2D eigenvalue weighted by molar-refractivity contribution is -0.174. The molecule has 8 heteroatoms. The van der Waals surface area contributed by atoms with Crippen molar-refractivity contribution in [2.75, 3.05) is 33.5 Å². The van der Waals surface area contributed by atoms with Crippen molar-refractivity contribution in [2.24, 2.45) is 0 Å². The van der Waals surface area contributed by atoms with Crippen molar-refractivity contribution in [3.63, 3.8) is 0 Å². The highest BCUT2D eigenvalue weighted by atomic mass is 16.6. The van der Waals surface area contributed by atoms with Crippen molar-refractivity contribution < 1.29 is 39.8 Å². The molecule has 0 bridgehead atoms. The minimum atomic E-state index is -0.989. The maximum Gasteiger partial charge on any atom is 0.334 e. The molecule has 0 rings (SSSR count). The molecule has 0 aliphatic carbocycles. The predicted octanol–water partition coefficient (Wildman–Crippen LogP) is 0.821. The van der Waals surface area contributed by atoms with Gasteiger partial charge in [-0.15, -0.1) is 0 Å². The average molecular weight is 372 g/mol. The Labute approximate surface area is 152 Å². The molecule has 0 radical (unpaired) electrons. The Morgan fingerprint density at radius 2 is 1.52 bits per heavy atom. The third kappa shape index (κ3) is 39.7. The van der Waals surface area contributed by atoms with Crippen LogP contribution in [0.1, 0.15) is 60.3 Å². The summed E-state index contributed by atoms with van der Waals surface area (Å²) in [6.45, 7) is 9.18. The van der Waals surface area contributed by atoms with E-state index in [1.807, 2.05) is 13.8 Å². The van der Waals surface area contributed by atoms with E-state index in [0.29, 0.717) is 13.0 Å². The molecule has 25 heavy (non-hydrogen) atoms. The first-order valence-corrected chi connectivity index (χ1v) is 8.58. The number of aliphatic hydroxyl groups is 5. The number of carbonyl (C=O) groups is 1. The number of rotatable bonds is 8. The van der Waals surface area contributed by atoms with Crippen LogP contribution in [-0.4, -0.2) is 76.9 Å². The molecular formula is C17H40O8. The fraction of sp³-hybridized carbons (Fsp3) is 0.941. The molecule has 0 aliphatic rings. The van der Waals surface area contributed by atoms with E-state index in [2.05, 4.69) is 4.74 Å². The summed E-state index contributed by atoms with van der Waals surface area (Å²) in [6.07, 6.45) is 2.51. The van der Waals surface area contributed by atoms with Crippen LogP contribution in [0.2, 0.25) is 0 Å². The van der Waals surface area contributed by atoms with Crippen molar-refractivity contribution in [3.05, 3.63) is 0 Å². The second-order valence-corrected chi connectivity index (χ2v) is 5.09. The highest BCUT2D eigenvalue weighted by Crippen LogP contribution is 2.10. The van der Waals surface area contributed by atoms with Crippen LogP contribution < -0.4 is 0 Å². The maximum absolute atomic E-state index is 10.5. The van der Waals surface area contributed by atoms with Crippen molar-refractivity contribution in [3.8, 4) is 0 Å². The first-order chi connectivity index (χ1) is 11.6. The number of methoxy groups -OCH3 is 1. The van der Waals surface area contributed by atoms with Gasteiger partial charge in [0.15, 0.2) is 5.79 Å². The molecule has 0 amide bonds. The highest BCUT2D eigenvalue weighted by Gasteiger charge is 2.15. The van der Waals surface area contributed by atoms with Crippen molar-refractivity contribution in [1.82, 2.24) is 0 Å². The quantitative estimate of drug-likeness (QED) is 0.240. The molecule has 0 aromatic carbocycles. The minimum absolute atomic E-state index is 0.125. The standard InChI is InChI=1S/C7H14O3.C6H14O2.C2H6O2.C2H6O/c1-3-4-5-10-7(9)6(2)8;1-4-5-6(2,7)8-3;3-1-2-4;1-2-3/h6,8H,3-5H2,1-2H3;7H,4-5H2,1-3H3;3-4H,1-2H2;3H,2H2,1H3. The number of carbonyl (C=O) groups excluding carboxylic acids is 1. The van der Waals surface area contributed by atoms with E-state index >= 15 is 0 Å². The second kappa shape index (κ2) is 25.5. The van der Waals surface area contributed by atoms with E-state index in [1.54, 1.807) is 13.8 Å². The highest BCUT2D eigenvalue weighted by molar-refractivity contribution is 5.73. The zero-order chi connectivity index (χ0) is 20.7. The summed E-state index contributed by atoms with van der Waals surface area (Å²) in [5, 5.41) is 40.6. The third-order valence-corrected chi connectivity index (χ3v) is 2.34. The molecule has 0 saturated heterocycles. The largest absolute Gasteiger partial charge is 0.464 e. The predicted molar refractivity (Wildman–Crippen MR) is 97.0 cm³/mol. The number of unbranched alkanes of at least 4 members (excludes halogenated alkanes) is 1. The lowest BCUT2D eigenvalue weighted by Gasteiger charge is -2.19. The monoisotopic (exact) mass is 372 g/mol. The zero-order valence-electron chi connectivity index (χ0n) is 16.7. The summed E-state index contributed by atoms with van der Waals surface area (Å²) in [6, 6.07) is 0. The first-order valence-electron chi connectivity index (χ1n) is 8.58. The summed E-state index contributed by atoms with van der Waals surface area (Å²) < 4.78 is 9.39.